The van der Waals surface area contributed by atoms with E-state index in [1.54, 1.807) is 24.3 Å². The van der Waals surface area contributed by atoms with Crippen LogP contribution in [0.15, 0.2) is 36.4 Å². The third kappa shape index (κ3) is 2.95. The number of ether oxygens (including phenoxy) is 1. The summed E-state index contributed by atoms with van der Waals surface area (Å²) < 4.78 is 5.23. The fourth-order valence-corrected chi connectivity index (χ4v) is 1.85. The zero-order chi connectivity index (χ0) is 14.7. The minimum atomic E-state index is -0.639. The fourth-order valence-electron chi connectivity index (χ4n) is 1.66. The molecule has 0 aliphatic carbocycles. The molecule has 0 aliphatic rings. The van der Waals surface area contributed by atoms with Crippen LogP contribution in [0.5, 0.6) is 23.0 Å². The second-order valence-electron chi connectivity index (χ2n) is 4.00. The third-order valence-corrected chi connectivity index (χ3v) is 2.87. The van der Waals surface area contributed by atoms with Crippen LogP contribution in [0, 0.1) is 0 Å². The Morgan fingerprint density at radius 1 is 1.10 bits per heavy atom. The summed E-state index contributed by atoms with van der Waals surface area (Å²) in [5.74, 6) is -1.70. The summed E-state index contributed by atoms with van der Waals surface area (Å²) in [6.45, 7) is -0.407. The second kappa shape index (κ2) is 5.71. The molecule has 0 radical (unpaired) electrons. The molecule has 0 unspecified atom stereocenters. The van der Waals surface area contributed by atoms with Crippen molar-refractivity contribution in [2.75, 3.05) is 6.61 Å². The quantitative estimate of drug-likeness (QED) is 0.755. The van der Waals surface area contributed by atoms with Gasteiger partial charge in [-0.15, -0.1) is 0 Å². The molecule has 2 aromatic carbocycles. The largest absolute Gasteiger partial charge is 0.508 e. The van der Waals surface area contributed by atoms with Crippen molar-refractivity contribution in [3.05, 3.63) is 47.0 Å². The SMILES string of the molecule is O=C(COc1ccccc1Cl)c1c(O)cc(O)cc1O. The highest BCUT2D eigenvalue weighted by Crippen LogP contribution is 2.32. The van der Waals surface area contributed by atoms with Crippen LogP contribution in [0.2, 0.25) is 5.02 Å². The van der Waals surface area contributed by atoms with E-state index < -0.39 is 23.9 Å². The van der Waals surface area contributed by atoms with Crippen molar-refractivity contribution in [2.24, 2.45) is 0 Å². The van der Waals surface area contributed by atoms with Crippen LogP contribution >= 0.6 is 11.6 Å². The first-order valence-electron chi connectivity index (χ1n) is 5.64. The molecule has 5 nitrogen and oxygen atoms in total. The van der Waals surface area contributed by atoms with Gasteiger partial charge in [0.1, 0.15) is 28.6 Å². The Kier molecular flexibility index (Phi) is 4.00. The number of carbonyl (C=O) groups excluding carboxylic acids is 1. The zero-order valence-corrected chi connectivity index (χ0v) is 11.0. The van der Waals surface area contributed by atoms with Crippen molar-refractivity contribution >= 4 is 17.4 Å². The van der Waals surface area contributed by atoms with Crippen LogP contribution in [-0.4, -0.2) is 27.7 Å². The fraction of sp³-hybridized carbons (Fsp3) is 0.0714. The number of hydrogen-bond acceptors (Lipinski definition) is 5. The minimum absolute atomic E-state index is 0.310. The van der Waals surface area contributed by atoms with Crippen LogP contribution in [0.4, 0.5) is 0 Å². The molecule has 0 spiro atoms. The Morgan fingerprint density at radius 2 is 1.70 bits per heavy atom. The standard InChI is InChI=1S/C14H11ClO5/c15-9-3-1-2-4-13(9)20-7-12(19)14-10(17)5-8(16)6-11(14)18/h1-6,16-18H,7H2. The van der Waals surface area contributed by atoms with Crippen LogP contribution in [-0.2, 0) is 0 Å². The number of ketones is 1. The van der Waals surface area contributed by atoms with Gasteiger partial charge in [-0.25, -0.2) is 0 Å². The molecule has 0 aromatic heterocycles. The number of benzene rings is 2. The smallest absolute Gasteiger partial charge is 0.207 e. The molecule has 2 aromatic rings. The van der Waals surface area contributed by atoms with Crippen molar-refractivity contribution < 1.29 is 24.9 Å². The molecule has 0 saturated heterocycles. The average Bonchev–Trinajstić information content (AvgIpc) is 2.36. The molecule has 0 fully saturated rings. The van der Waals surface area contributed by atoms with Crippen LogP contribution in [0.25, 0.3) is 0 Å². The van der Waals surface area contributed by atoms with E-state index in [1.807, 2.05) is 0 Å². The number of carbonyl (C=O) groups is 1. The molecule has 0 bridgehead atoms. The van der Waals surface area contributed by atoms with Gasteiger partial charge >= 0.3 is 0 Å². The number of hydrogen-bond donors (Lipinski definition) is 3. The van der Waals surface area contributed by atoms with Gasteiger partial charge in [0.15, 0.2) is 6.61 Å². The number of aromatic hydroxyl groups is 3. The van der Waals surface area contributed by atoms with E-state index in [9.17, 15) is 15.0 Å². The Hall–Kier alpha value is -2.40. The Bertz CT molecular complexity index is 631. The highest BCUT2D eigenvalue weighted by molar-refractivity contribution is 6.32. The maximum atomic E-state index is 11.9. The highest BCUT2D eigenvalue weighted by atomic mass is 35.5. The molecule has 0 saturated carbocycles. The van der Waals surface area contributed by atoms with Gasteiger partial charge in [0, 0.05) is 12.1 Å². The second-order valence-corrected chi connectivity index (χ2v) is 4.41. The summed E-state index contributed by atoms with van der Waals surface area (Å²) in [6, 6.07) is 8.53. The van der Waals surface area contributed by atoms with Crippen LogP contribution in [0.1, 0.15) is 10.4 Å². The van der Waals surface area contributed by atoms with Gasteiger partial charge in [0.05, 0.1) is 5.02 Å². The molecule has 104 valence electrons. The van der Waals surface area contributed by atoms with Gasteiger partial charge in [-0.3, -0.25) is 4.79 Å². The average molecular weight is 295 g/mol. The predicted molar refractivity (Wildman–Crippen MR) is 72.7 cm³/mol. The van der Waals surface area contributed by atoms with Gasteiger partial charge in [-0.2, -0.15) is 0 Å². The molecule has 0 aliphatic heterocycles. The first kappa shape index (κ1) is 14.0. The van der Waals surface area contributed by atoms with E-state index in [0.29, 0.717) is 10.8 Å². The van der Waals surface area contributed by atoms with E-state index in [1.165, 1.54) is 0 Å². The molecule has 20 heavy (non-hydrogen) atoms. The van der Waals surface area contributed by atoms with E-state index in [4.69, 9.17) is 21.4 Å². The molecule has 0 heterocycles. The summed E-state index contributed by atoms with van der Waals surface area (Å²) in [6.07, 6.45) is 0. The number of para-hydroxylation sites is 1. The van der Waals surface area contributed by atoms with Crippen molar-refractivity contribution in [3.63, 3.8) is 0 Å². The normalized spacial score (nSPS) is 10.2. The van der Waals surface area contributed by atoms with Gasteiger partial charge < -0.3 is 20.1 Å². The predicted octanol–water partition coefficient (Wildman–Crippen LogP) is 2.72. The van der Waals surface area contributed by atoms with Crippen LogP contribution < -0.4 is 4.74 Å². The molecule has 6 heteroatoms. The lowest BCUT2D eigenvalue weighted by atomic mass is 10.1. The lowest BCUT2D eigenvalue weighted by Crippen LogP contribution is -2.12. The molecule has 3 N–H and O–H groups in total. The monoisotopic (exact) mass is 294 g/mol. The van der Waals surface area contributed by atoms with Crippen LogP contribution in [0.3, 0.4) is 0 Å². The van der Waals surface area contributed by atoms with Crippen molar-refractivity contribution in [1.29, 1.82) is 0 Å². The van der Waals surface area contributed by atoms with Gasteiger partial charge in [-0.1, -0.05) is 23.7 Å². The molecule has 0 atom stereocenters. The number of phenolic OH excluding ortho intramolecular Hbond substituents is 3. The van der Waals surface area contributed by atoms with Crippen molar-refractivity contribution in [3.8, 4) is 23.0 Å². The summed E-state index contributed by atoms with van der Waals surface area (Å²) in [5, 5.41) is 28.7. The number of phenols is 3. The van der Waals surface area contributed by atoms with E-state index in [0.717, 1.165) is 12.1 Å². The van der Waals surface area contributed by atoms with Gasteiger partial charge in [0.25, 0.3) is 0 Å². The number of Topliss-reactive ketones (excluding diaryl/α,β-unsaturated/α-hetero) is 1. The topological polar surface area (TPSA) is 87.0 Å². The summed E-state index contributed by atoms with van der Waals surface area (Å²) in [5.41, 5.74) is -0.310. The van der Waals surface area contributed by atoms with E-state index >= 15 is 0 Å². The van der Waals surface area contributed by atoms with Gasteiger partial charge in [0.2, 0.25) is 5.78 Å². The highest BCUT2D eigenvalue weighted by Gasteiger charge is 2.18. The number of rotatable bonds is 4. The molecular weight excluding hydrogens is 284 g/mol. The Balaban J connectivity index is 2.16. The molecule has 2 rings (SSSR count). The lowest BCUT2D eigenvalue weighted by Gasteiger charge is -2.09. The number of halogens is 1. The molecule has 0 amide bonds. The van der Waals surface area contributed by atoms with E-state index in [-0.39, 0.29) is 11.3 Å². The molecular formula is C14H11ClO5. The third-order valence-electron chi connectivity index (χ3n) is 2.56. The Labute approximate surface area is 119 Å². The minimum Gasteiger partial charge on any atom is -0.508 e. The Morgan fingerprint density at radius 3 is 2.30 bits per heavy atom. The van der Waals surface area contributed by atoms with Gasteiger partial charge in [-0.05, 0) is 12.1 Å². The first-order valence-corrected chi connectivity index (χ1v) is 6.02. The van der Waals surface area contributed by atoms with E-state index in [2.05, 4.69) is 0 Å². The lowest BCUT2D eigenvalue weighted by molar-refractivity contribution is 0.0916. The first-order chi connectivity index (χ1) is 9.49. The van der Waals surface area contributed by atoms with Crippen molar-refractivity contribution in [2.45, 2.75) is 0 Å². The van der Waals surface area contributed by atoms with Crippen molar-refractivity contribution in [1.82, 2.24) is 0 Å². The zero-order valence-electron chi connectivity index (χ0n) is 10.2. The maximum absolute atomic E-state index is 11.9. The summed E-state index contributed by atoms with van der Waals surface area (Å²) in [7, 11) is 0. The maximum Gasteiger partial charge on any atom is 0.207 e. The summed E-state index contributed by atoms with van der Waals surface area (Å²) >= 11 is 5.87. The summed E-state index contributed by atoms with van der Waals surface area (Å²) in [4.78, 5) is 11.9.